The van der Waals surface area contributed by atoms with Gasteiger partial charge in [0.05, 0.1) is 10.0 Å². The highest BCUT2D eigenvalue weighted by Crippen LogP contribution is 2.36. The largest absolute Gasteiger partial charge is 0.478 e. The van der Waals surface area contributed by atoms with E-state index >= 15 is 0 Å². The van der Waals surface area contributed by atoms with Crippen molar-refractivity contribution in [2.75, 3.05) is 7.05 Å². The Morgan fingerprint density at radius 3 is 2.65 bits per heavy atom. The molecule has 2 fully saturated rings. The fourth-order valence-corrected chi connectivity index (χ4v) is 3.69. The second-order valence-electron chi connectivity index (χ2n) is 5.58. The number of aromatic carboxylic acids is 1. The number of hydrogen-bond donors (Lipinski definition) is 1. The number of carboxylic acid groups (broad SMARTS) is 1. The van der Waals surface area contributed by atoms with E-state index in [4.69, 9.17) is 9.84 Å². The number of aromatic nitrogens is 1. The lowest BCUT2D eigenvalue weighted by Gasteiger charge is -2.36. The molecule has 108 valence electrons. The lowest BCUT2D eigenvalue weighted by molar-refractivity contribution is 0.0626. The van der Waals surface area contributed by atoms with Gasteiger partial charge in [-0.15, -0.1) is 0 Å². The van der Waals surface area contributed by atoms with Gasteiger partial charge in [0, 0.05) is 18.3 Å². The number of hydrogen-bond acceptors (Lipinski definition) is 4. The second kappa shape index (κ2) is 5.33. The minimum absolute atomic E-state index is 0.160. The van der Waals surface area contributed by atoms with Crippen LogP contribution < -0.4 is 4.74 Å². The van der Waals surface area contributed by atoms with Crippen LogP contribution in [0.5, 0.6) is 5.88 Å². The highest BCUT2D eigenvalue weighted by molar-refractivity contribution is 9.10. The van der Waals surface area contributed by atoms with E-state index in [2.05, 4.69) is 32.9 Å². The third-order valence-electron chi connectivity index (χ3n) is 4.39. The average molecular weight is 341 g/mol. The molecule has 6 heteroatoms. The maximum absolute atomic E-state index is 10.9. The van der Waals surface area contributed by atoms with Gasteiger partial charge in [-0.3, -0.25) is 0 Å². The van der Waals surface area contributed by atoms with Gasteiger partial charge in [0.1, 0.15) is 6.10 Å². The summed E-state index contributed by atoms with van der Waals surface area (Å²) in [6.45, 7) is 0. The van der Waals surface area contributed by atoms with E-state index in [-0.39, 0.29) is 11.7 Å². The molecule has 3 heterocycles. The number of halogens is 1. The summed E-state index contributed by atoms with van der Waals surface area (Å²) in [5.41, 5.74) is 0.160. The van der Waals surface area contributed by atoms with Crippen molar-refractivity contribution in [3.63, 3.8) is 0 Å². The molecule has 0 radical (unpaired) electrons. The van der Waals surface area contributed by atoms with E-state index in [9.17, 15) is 4.79 Å². The van der Waals surface area contributed by atoms with Gasteiger partial charge in [0.25, 0.3) is 0 Å². The van der Waals surface area contributed by atoms with Crippen LogP contribution in [0, 0.1) is 0 Å². The molecule has 1 aromatic heterocycles. The molecule has 0 unspecified atom stereocenters. The maximum Gasteiger partial charge on any atom is 0.337 e. The Morgan fingerprint density at radius 1 is 1.45 bits per heavy atom. The summed E-state index contributed by atoms with van der Waals surface area (Å²) in [4.78, 5) is 17.5. The molecule has 1 aromatic rings. The van der Waals surface area contributed by atoms with E-state index in [0.29, 0.717) is 22.4 Å². The van der Waals surface area contributed by atoms with E-state index in [1.54, 1.807) is 0 Å². The predicted molar refractivity (Wildman–Crippen MR) is 77.1 cm³/mol. The first-order valence-electron chi connectivity index (χ1n) is 6.82. The summed E-state index contributed by atoms with van der Waals surface area (Å²) in [7, 11) is 2.19. The lowest BCUT2D eigenvalue weighted by Crippen LogP contribution is -2.43. The van der Waals surface area contributed by atoms with Crippen molar-refractivity contribution in [1.82, 2.24) is 9.88 Å². The summed E-state index contributed by atoms with van der Waals surface area (Å²) in [6, 6.07) is 2.75. The molecular formula is C14H17BrN2O3. The van der Waals surface area contributed by atoms with Crippen LogP contribution in [0.15, 0.2) is 16.7 Å². The lowest BCUT2D eigenvalue weighted by atomic mass is 10.0. The van der Waals surface area contributed by atoms with Crippen LogP contribution in [-0.4, -0.2) is 46.2 Å². The summed E-state index contributed by atoms with van der Waals surface area (Å²) in [5.74, 6) is -0.494. The normalized spacial score (nSPS) is 29.4. The van der Waals surface area contributed by atoms with Gasteiger partial charge in [-0.05, 0) is 54.7 Å². The molecule has 0 spiro atoms. The Labute approximate surface area is 126 Å². The first kappa shape index (κ1) is 13.8. The van der Waals surface area contributed by atoms with Crippen LogP contribution in [-0.2, 0) is 0 Å². The monoisotopic (exact) mass is 340 g/mol. The summed E-state index contributed by atoms with van der Waals surface area (Å²) in [6.07, 6.45) is 6.03. The zero-order valence-corrected chi connectivity index (χ0v) is 12.8. The van der Waals surface area contributed by atoms with E-state index < -0.39 is 5.97 Å². The number of pyridine rings is 1. The average Bonchev–Trinajstić information content (AvgIpc) is 2.64. The Bertz CT molecular complexity index is 523. The van der Waals surface area contributed by atoms with Crippen LogP contribution in [0.4, 0.5) is 0 Å². The topological polar surface area (TPSA) is 62.7 Å². The van der Waals surface area contributed by atoms with Crippen LogP contribution in [0.3, 0.4) is 0 Å². The summed E-state index contributed by atoms with van der Waals surface area (Å²) in [5, 5.41) is 8.92. The fourth-order valence-electron chi connectivity index (χ4n) is 3.24. The highest BCUT2D eigenvalue weighted by atomic mass is 79.9. The van der Waals surface area contributed by atoms with E-state index in [1.807, 2.05) is 0 Å². The Morgan fingerprint density at radius 2 is 2.10 bits per heavy atom. The molecule has 0 saturated carbocycles. The third kappa shape index (κ3) is 2.54. The zero-order valence-electron chi connectivity index (χ0n) is 11.3. The molecule has 5 nitrogen and oxygen atoms in total. The van der Waals surface area contributed by atoms with Crippen molar-refractivity contribution in [2.24, 2.45) is 0 Å². The maximum atomic E-state index is 10.9. The molecule has 3 rings (SSSR count). The Balaban J connectivity index is 1.71. The van der Waals surface area contributed by atoms with Gasteiger partial charge in [-0.2, -0.15) is 0 Å². The number of ether oxygens (including phenoxy) is 1. The van der Waals surface area contributed by atoms with Crippen LogP contribution in [0.1, 0.15) is 36.0 Å². The minimum atomic E-state index is -0.984. The van der Waals surface area contributed by atoms with Gasteiger partial charge in [0.2, 0.25) is 5.88 Å². The third-order valence-corrected chi connectivity index (χ3v) is 4.96. The van der Waals surface area contributed by atoms with Crippen LogP contribution >= 0.6 is 15.9 Å². The van der Waals surface area contributed by atoms with Gasteiger partial charge in [0.15, 0.2) is 0 Å². The molecule has 0 aliphatic carbocycles. The zero-order chi connectivity index (χ0) is 14.3. The molecule has 20 heavy (non-hydrogen) atoms. The number of rotatable bonds is 3. The molecule has 2 saturated heterocycles. The summed E-state index contributed by atoms with van der Waals surface area (Å²) >= 11 is 3.34. The SMILES string of the molecule is CN1[C@@H]2CC[C@H]1C[C@@H](Oc1ncc(C(=O)O)cc1Br)C2. The van der Waals surface area contributed by atoms with Crippen molar-refractivity contribution in [1.29, 1.82) is 0 Å². The van der Waals surface area contributed by atoms with Crippen molar-refractivity contribution >= 4 is 21.9 Å². The smallest absolute Gasteiger partial charge is 0.337 e. The standard InChI is InChI=1S/C14H17BrN2O3/c1-17-9-2-3-10(17)6-11(5-9)20-13-12(15)4-8(7-16-13)14(18)19/h4,7,9-11H,2-3,5-6H2,1H3,(H,18,19)/t9-,10+,11+. The van der Waals surface area contributed by atoms with Gasteiger partial charge in [-0.25, -0.2) is 9.78 Å². The van der Waals surface area contributed by atoms with E-state index in [1.165, 1.54) is 25.1 Å². The van der Waals surface area contributed by atoms with Gasteiger partial charge < -0.3 is 14.7 Å². The number of fused-ring (bicyclic) bond motifs is 2. The van der Waals surface area contributed by atoms with Crippen molar-refractivity contribution < 1.29 is 14.6 Å². The Hall–Kier alpha value is -1.14. The first-order chi connectivity index (χ1) is 9.54. The molecule has 3 atom stereocenters. The number of nitrogens with zero attached hydrogens (tertiary/aromatic N) is 2. The molecular weight excluding hydrogens is 324 g/mol. The first-order valence-corrected chi connectivity index (χ1v) is 7.61. The predicted octanol–water partition coefficient (Wildman–Crippen LogP) is 2.55. The molecule has 1 N–H and O–H groups in total. The van der Waals surface area contributed by atoms with Crippen LogP contribution in [0.25, 0.3) is 0 Å². The fraction of sp³-hybridized carbons (Fsp3) is 0.571. The molecule has 2 aliphatic heterocycles. The van der Waals surface area contributed by atoms with E-state index in [0.717, 1.165) is 12.8 Å². The van der Waals surface area contributed by atoms with Gasteiger partial charge >= 0.3 is 5.97 Å². The molecule has 0 aromatic carbocycles. The summed E-state index contributed by atoms with van der Waals surface area (Å²) < 4.78 is 6.57. The van der Waals surface area contributed by atoms with Crippen molar-refractivity contribution in [3.05, 3.63) is 22.3 Å². The van der Waals surface area contributed by atoms with Crippen molar-refractivity contribution in [3.8, 4) is 5.88 Å². The number of carboxylic acids is 1. The minimum Gasteiger partial charge on any atom is -0.478 e. The second-order valence-corrected chi connectivity index (χ2v) is 6.43. The van der Waals surface area contributed by atoms with Crippen LogP contribution in [0.2, 0.25) is 0 Å². The molecule has 2 bridgehead atoms. The van der Waals surface area contributed by atoms with Gasteiger partial charge in [-0.1, -0.05) is 0 Å². The number of carbonyl (C=O) groups is 1. The Kier molecular flexibility index (Phi) is 3.69. The van der Waals surface area contributed by atoms with Crippen molar-refractivity contribution in [2.45, 2.75) is 43.9 Å². The number of piperidine rings is 1. The molecule has 2 aliphatic rings. The highest BCUT2D eigenvalue weighted by Gasteiger charge is 2.39. The molecule has 0 amide bonds. The quantitative estimate of drug-likeness (QED) is 0.916.